The quantitative estimate of drug-likeness (QED) is 0.752. The van der Waals surface area contributed by atoms with Gasteiger partial charge in [-0.05, 0) is 18.2 Å². The lowest BCUT2D eigenvalue weighted by Crippen LogP contribution is -2.09. The van der Waals surface area contributed by atoms with E-state index in [1.807, 2.05) is 6.92 Å². The Morgan fingerprint density at radius 2 is 2.21 bits per heavy atom. The third-order valence-electron chi connectivity index (χ3n) is 2.07. The van der Waals surface area contributed by atoms with Crippen LogP contribution in [0.1, 0.15) is 18.4 Å². The Bertz CT molecular complexity index is 304. The topological polar surface area (TPSA) is 44.5 Å². The van der Waals surface area contributed by atoms with E-state index in [2.05, 4.69) is 4.84 Å². The molecule has 0 radical (unpaired) electrons. The third kappa shape index (κ3) is 2.43. The first-order chi connectivity index (χ1) is 6.69. The van der Waals surface area contributed by atoms with Crippen molar-refractivity contribution in [3.63, 3.8) is 0 Å². The number of hydrogen-bond acceptors (Lipinski definition) is 3. The molecule has 0 aromatic heterocycles. The standard InChI is InChI=1S/C10H14FNO2/c1-7(6-14-12)9-5-8(11)3-4-10(9)13-2/h3-5,7H,6,12H2,1-2H3. The van der Waals surface area contributed by atoms with Crippen molar-refractivity contribution < 1.29 is 14.0 Å². The van der Waals surface area contributed by atoms with E-state index in [4.69, 9.17) is 10.6 Å². The Morgan fingerprint density at radius 3 is 2.79 bits per heavy atom. The first-order valence-electron chi connectivity index (χ1n) is 4.34. The van der Waals surface area contributed by atoms with E-state index in [9.17, 15) is 4.39 Å². The molecule has 1 aromatic carbocycles. The summed E-state index contributed by atoms with van der Waals surface area (Å²) in [5.41, 5.74) is 0.762. The van der Waals surface area contributed by atoms with Gasteiger partial charge in [0, 0.05) is 11.5 Å². The predicted octanol–water partition coefficient (Wildman–Crippen LogP) is 1.83. The number of nitrogens with two attached hydrogens (primary N) is 1. The normalized spacial score (nSPS) is 12.6. The van der Waals surface area contributed by atoms with Crippen molar-refractivity contribution >= 4 is 0 Å². The van der Waals surface area contributed by atoms with Crippen molar-refractivity contribution in [2.24, 2.45) is 5.90 Å². The van der Waals surface area contributed by atoms with Crippen LogP contribution in [0.5, 0.6) is 5.75 Å². The smallest absolute Gasteiger partial charge is 0.123 e. The first-order valence-corrected chi connectivity index (χ1v) is 4.34. The molecule has 0 amide bonds. The molecular formula is C10H14FNO2. The van der Waals surface area contributed by atoms with Crippen LogP contribution in [-0.2, 0) is 4.84 Å². The van der Waals surface area contributed by atoms with Crippen LogP contribution in [0.4, 0.5) is 4.39 Å². The van der Waals surface area contributed by atoms with E-state index in [1.54, 1.807) is 13.2 Å². The van der Waals surface area contributed by atoms with Gasteiger partial charge in [0.05, 0.1) is 13.7 Å². The molecule has 1 rings (SSSR count). The van der Waals surface area contributed by atoms with Crippen LogP contribution in [0.15, 0.2) is 18.2 Å². The molecule has 78 valence electrons. The monoisotopic (exact) mass is 199 g/mol. The van der Waals surface area contributed by atoms with E-state index < -0.39 is 0 Å². The van der Waals surface area contributed by atoms with Crippen molar-refractivity contribution in [3.8, 4) is 5.75 Å². The first kappa shape index (κ1) is 10.9. The van der Waals surface area contributed by atoms with Gasteiger partial charge >= 0.3 is 0 Å². The van der Waals surface area contributed by atoms with Crippen molar-refractivity contribution in [1.29, 1.82) is 0 Å². The molecule has 0 saturated heterocycles. The summed E-state index contributed by atoms with van der Waals surface area (Å²) in [5.74, 6) is 5.33. The largest absolute Gasteiger partial charge is 0.496 e. The molecule has 0 saturated carbocycles. The fourth-order valence-corrected chi connectivity index (χ4v) is 1.32. The molecule has 14 heavy (non-hydrogen) atoms. The molecule has 3 nitrogen and oxygen atoms in total. The van der Waals surface area contributed by atoms with E-state index in [0.717, 1.165) is 5.56 Å². The molecule has 4 heteroatoms. The number of ether oxygens (including phenoxy) is 1. The minimum atomic E-state index is -0.287. The molecule has 0 spiro atoms. The van der Waals surface area contributed by atoms with Gasteiger partial charge in [0.25, 0.3) is 0 Å². The summed E-state index contributed by atoms with van der Waals surface area (Å²) in [4.78, 5) is 4.52. The Labute approximate surface area is 82.6 Å². The zero-order valence-electron chi connectivity index (χ0n) is 8.29. The second-order valence-corrected chi connectivity index (χ2v) is 3.12. The van der Waals surface area contributed by atoms with E-state index in [0.29, 0.717) is 12.4 Å². The average Bonchev–Trinajstić information content (AvgIpc) is 2.18. The van der Waals surface area contributed by atoms with Crippen LogP contribution < -0.4 is 10.6 Å². The summed E-state index contributed by atoms with van der Waals surface area (Å²) in [6, 6.07) is 4.39. The molecule has 1 atom stereocenters. The van der Waals surface area contributed by atoms with E-state index in [1.165, 1.54) is 12.1 Å². The maximum absolute atomic E-state index is 13.0. The number of hydrogen-bond donors (Lipinski definition) is 1. The molecule has 0 aliphatic rings. The van der Waals surface area contributed by atoms with E-state index in [-0.39, 0.29) is 11.7 Å². The number of methoxy groups -OCH3 is 1. The molecule has 0 fully saturated rings. The zero-order valence-corrected chi connectivity index (χ0v) is 8.29. The second kappa shape index (κ2) is 4.93. The van der Waals surface area contributed by atoms with Crippen molar-refractivity contribution in [3.05, 3.63) is 29.6 Å². The highest BCUT2D eigenvalue weighted by Crippen LogP contribution is 2.27. The van der Waals surface area contributed by atoms with Gasteiger partial charge < -0.3 is 9.57 Å². The minimum absolute atomic E-state index is 0.00523. The van der Waals surface area contributed by atoms with Crippen LogP contribution >= 0.6 is 0 Å². The van der Waals surface area contributed by atoms with Crippen LogP contribution in [0.3, 0.4) is 0 Å². The SMILES string of the molecule is COc1ccc(F)cc1C(C)CON. The molecule has 0 bridgehead atoms. The average molecular weight is 199 g/mol. The summed E-state index contributed by atoms with van der Waals surface area (Å²) < 4.78 is 18.1. The lowest BCUT2D eigenvalue weighted by atomic mass is 10.0. The molecule has 0 aliphatic carbocycles. The zero-order chi connectivity index (χ0) is 10.6. The highest BCUT2D eigenvalue weighted by Gasteiger charge is 2.12. The molecule has 0 heterocycles. The van der Waals surface area contributed by atoms with Gasteiger partial charge in [-0.25, -0.2) is 10.3 Å². The van der Waals surface area contributed by atoms with Gasteiger partial charge in [0.15, 0.2) is 0 Å². The van der Waals surface area contributed by atoms with Gasteiger partial charge in [-0.1, -0.05) is 6.92 Å². The Kier molecular flexibility index (Phi) is 3.85. The summed E-state index contributed by atoms with van der Waals surface area (Å²) >= 11 is 0. The predicted molar refractivity (Wildman–Crippen MR) is 51.5 cm³/mol. The van der Waals surface area contributed by atoms with Crippen molar-refractivity contribution in [2.45, 2.75) is 12.8 Å². The summed E-state index contributed by atoms with van der Waals surface area (Å²) in [7, 11) is 1.55. The lowest BCUT2D eigenvalue weighted by molar-refractivity contribution is 0.126. The minimum Gasteiger partial charge on any atom is -0.496 e. The molecule has 2 N–H and O–H groups in total. The highest BCUT2D eigenvalue weighted by molar-refractivity contribution is 5.36. The fraction of sp³-hybridized carbons (Fsp3) is 0.400. The van der Waals surface area contributed by atoms with Crippen molar-refractivity contribution in [1.82, 2.24) is 0 Å². The Hall–Kier alpha value is -1.13. The summed E-state index contributed by atoms with van der Waals surface area (Å²) in [6.45, 7) is 2.23. The second-order valence-electron chi connectivity index (χ2n) is 3.12. The Morgan fingerprint density at radius 1 is 1.50 bits per heavy atom. The number of halogens is 1. The van der Waals surface area contributed by atoms with Gasteiger partial charge in [-0.15, -0.1) is 0 Å². The number of rotatable bonds is 4. The maximum atomic E-state index is 13.0. The van der Waals surface area contributed by atoms with Crippen molar-refractivity contribution in [2.75, 3.05) is 13.7 Å². The molecular weight excluding hydrogens is 185 g/mol. The fourth-order valence-electron chi connectivity index (χ4n) is 1.32. The molecule has 1 aromatic rings. The van der Waals surface area contributed by atoms with Gasteiger partial charge in [0.2, 0.25) is 0 Å². The van der Waals surface area contributed by atoms with Gasteiger partial charge in [-0.2, -0.15) is 0 Å². The maximum Gasteiger partial charge on any atom is 0.123 e. The van der Waals surface area contributed by atoms with E-state index >= 15 is 0 Å². The summed E-state index contributed by atoms with van der Waals surface area (Å²) in [6.07, 6.45) is 0. The Balaban J connectivity index is 2.97. The summed E-state index contributed by atoms with van der Waals surface area (Å²) in [5, 5.41) is 0. The van der Waals surface area contributed by atoms with Crippen LogP contribution in [-0.4, -0.2) is 13.7 Å². The lowest BCUT2D eigenvalue weighted by Gasteiger charge is -2.14. The van der Waals surface area contributed by atoms with Crippen LogP contribution in [0, 0.1) is 5.82 Å². The van der Waals surface area contributed by atoms with Crippen LogP contribution in [0.25, 0.3) is 0 Å². The number of benzene rings is 1. The van der Waals surface area contributed by atoms with Gasteiger partial charge in [0.1, 0.15) is 11.6 Å². The third-order valence-corrected chi connectivity index (χ3v) is 2.07. The van der Waals surface area contributed by atoms with Crippen LogP contribution in [0.2, 0.25) is 0 Å². The van der Waals surface area contributed by atoms with Gasteiger partial charge in [-0.3, -0.25) is 0 Å². The molecule has 1 unspecified atom stereocenters. The highest BCUT2D eigenvalue weighted by atomic mass is 19.1. The molecule has 0 aliphatic heterocycles.